The summed E-state index contributed by atoms with van der Waals surface area (Å²) in [6, 6.07) is 9.24. The van der Waals surface area contributed by atoms with E-state index in [1.54, 1.807) is 17.0 Å². The number of benzene rings is 2. The minimum absolute atomic E-state index is 0.0213. The number of nitrogens with zero attached hydrogens (tertiary/aromatic N) is 3. The molecule has 1 unspecified atom stereocenters. The van der Waals surface area contributed by atoms with Gasteiger partial charge in [0, 0.05) is 17.7 Å². The highest BCUT2D eigenvalue weighted by atomic mass is 35.5. The minimum atomic E-state index is -0.871. The Bertz CT molecular complexity index is 1200. The topological polar surface area (TPSA) is 88.7 Å². The van der Waals surface area contributed by atoms with Gasteiger partial charge in [-0.05, 0) is 74.4 Å². The van der Waals surface area contributed by atoms with Gasteiger partial charge < -0.3 is 19.3 Å². The van der Waals surface area contributed by atoms with Crippen LogP contribution in [0.15, 0.2) is 34.9 Å². The maximum atomic E-state index is 11.8. The van der Waals surface area contributed by atoms with Gasteiger partial charge in [0.1, 0.15) is 5.75 Å². The van der Waals surface area contributed by atoms with Crippen molar-refractivity contribution in [1.29, 1.82) is 0 Å². The zero-order valence-corrected chi connectivity index (χ0v) is 20.9. The summed E-state index contributed by atoms with van der Waals surface area (Å²) in [5.41, 5.74) is 4.89. The van der Waals surface area contributed by atoms with Crippen LogP contribution < -0.4 is 4.74 Å². The largest absolute Gasteiger partial charge is 0.489 e. The molecule has 2 aromatic carbocycles. The molecule has 34 heavy (non-hydrogen) atoms. The standard InChI is InChI=1S/C26H30ClN3O4/c1-14(2)12-22-20-8-7-19(16(5)18(20)10-11-30(22)26(31)32)24-28-25(34-29-24)17-6-9-23(21(27)13-17)33-15(3)4/h6-9,13-15,22H,10-12H2,1-5H3,(H,31,32). The summed E-state index contributed by atoms with van der Waals surface area (Å²) < 4.78 is 11.3. The third-order valence-electron chi connectivity index (χ3n) is 6.12. The summed E-state index contributed by atoms with van der Waals surface area (Å²) in [7, 11) is 0. The molecule has 0 radical (unpaired) electrons. The number of halogens is 1. The fourth-order valence-electron chi connectivity index (χ4n) is 4.58. The third-order valence-corrected chi connectivity index (χ3v) is 6.42. The smallest absolute Gasteiger partial charge is 0.407 e. The van der Waals surface area contributed by atoms with Gasteiger partial charge in [-0.1, -0.05) is 42.7 Å². The summed E-state index contributed by atoms with van der Waals surface area (Å²) in [6.45, 7) is 10.6. The van der Waals surface area contributed by atoms with Crippen molar-refractivity contribution in [2.24, 2.45) is 5.92 Å². The molecule has 0 fully saturated rings. The van der Waals surface area contributed by atoms with E-state index in [2.05, 4.69) is 24.0 Å². The van der Waals surface area contributed by atoms with Crippen molar-refractivity contribution in [2.45, 2.75) is 59.6 Å². The molecule has 180 valence electrons. The summed E-state index contributed by atoms with van der Waals surface area (Å²) in [6.07, 6.45) is 0.590. The summed E-state index contributed by atoms with van der Waals surface area (Å²) in [4.78, 5) is 18.0. The van der Waals surface area contributed by atoms with Gasteiger partial charge in [-0.2, -0.15) is 4.98 Å². The van der Waals surface area contributed by atoms with Crippen molar-refractivity contribution in [2.75, 3.05) is 6.54 Å². The molecule has 7 nitrogen and oxygen atoms in total. The Morgan fingerprint density at radius 2 is 2.03 bits per heavy atom. The first-order valence-electron chi connectivity index (χ1n) is 11.6. The monoisotopic (exact) mass is 483 g/mol. The summed E-state index contributed by atoms with van der Waals surface area (Å²) >= 11 is 6.37. The first-order chi connectivity index (χ1) is 16.2. The third kappa shape index (κ3) is 4.75. The predicted octanol–water partition coefficient (Wildman–Crippen LogP) is 6.78. The lowest BCUT2D eigenvalue weighted by atomic mass is 9.84. The van der Waals surface area contributed by atoms with Gasteiger partial charge in [0.2, 0.25) is 5.82 Å². The van der Waals surface area contributed by atoms with Crippen LogP contribution in [-0.2, 0) is 6.42 Å². The van der Waals surface area contributed by atoms with Gasteiger partial charge in [-0.25, -0.2) is 4.79 Å². The van der Waals surface area contributed by atoms with Crippen LogP contribution in [0.3, 0.4) is 0 Å². The summed E-state index contributed by atoms with van der Waals surface area (Å²) in [5, 5.41) is 14.4. The Hall–Kier alpha value is -3.06. The number of carbonyl (C=O) groups is 1. The SMILES string of the molecule is Cc1c(-c2noc(-c3ccc(OC(C)C)c(Cl)c3)n2)ccc2c1CCN(C(=O)O)C2CC(C)C. The number of ether oxygens (including phenoxy) is 1. The molecule has 0 saturated carbocycles. The van der Waals surface area contributed by atoms with Crippen LogP contribution in [0.5, 0.6) is 5.75 Å². The van der Waals surface area contributed by atoms with E-state index in [0.717, 1.165) is 23.1 Å². The highest BCUT2D eigenvalue weighted by Crippen LogP contribution is 2.39. The molecule has 0 spiro atoms. The molecule has 1 aliphatic rings. The number of carboxylic acid groups (broad SMARTS) is 1. The Labute approximate surface area is 204 Å². The normalized spacial score (nSPS) is 15.6. The Kier molecular flexibility index (Phi) is 6.84. The quantitative estimate of drug-likeness (QED) is 0.416. The highest BCUT2D eigenvalue weighted by molar-refractivity contribution is 6.32. The average molecular weight is 484 g/mol. The van der Waals surface area contributed by atoms with E-state index in [0.29, 0.717) is 46.9 Å². The molecule has 0 bridgehead atoms. The van der Waals surface area contributed by atoms with Crippen molar-refractivity contribution in [3.05, 3.63) is 52.0 Å². The van der Waals surface area contributed by atoms with Gasteiger partial charge in [0.05, 0.1) is 17.2 Å². The molecule has 2 heterocycles. The molecule has 1 atom stereocenters. The lowest BCUT2D eigenvalue weighted by Gasteiger charge is -2.37. The van der Waals surface area contributed by atoms with Crippen LogP contribution in [-0.4, -0.2) is 38.9 Å². The van der Waals surface area contributed by atoms with Gasteiger partial charge >= 0.3 is 6.09 Å². The number of hydrogen-bond donors (Lipinski definition) is 1. The molecular formula is C26H30ClN3O4. The van der Waals surface area contributed by atoms with Gasteiger partial charge in [-0.3, -0.25) is 0 Å². The average Bonchev–Trinajstić information content (AvgIpc) is 3.25. The van der Waals surface area contributed by atoms with Crippen molar-refractivity contribution in [3.8, 4) is 28.6 Å². The van der Waals surface area contributed by atoms with E-state index in [1.165, 1.54) is 5.56 Å². The Morgan fingerprint density at radius 3 is 2.68 bits per heavy atom. The fourth-order valence-corrected chi connectivity index (χ4v) is 4.81. The highest BCUT2D eigenvalue weighted by Gasteiger charge is 2.32. The first kappa shape index (κ1) is 24.1. The van der Waals surface area contributed by atoms with Crippen LogP contribution in [0, 0.1) is 12.8 Å². The van der Waals surface area contributed by atoms with Crippen molar-refractivity contribution in [3.63, 3.8) is 0 Å². The lowest BCUT2D eigenvalue weighted by molar-refractivity contribution is 0.113. The van der Waals surface area contributed by atoms with E-state index in [9.17, 15) is 9.90 Å². The molecule has 0 aliphatic carbocycles. The van der Waals surface area contributed by atoms with Crippen LogP contribution >= 0.6 is 11.6 Å². The Balaban J connectivity index is 1.66. The van der Waals surface area contributed by atoms with E-state index in [-0.39, 0.29) is 12.1 Å². The number of aromatic nitrogens is 2. The second-order valence-corrected chi connectivity index (χ2v) is 9.82. The molecule has 1 aromatic heterocycles. The van der Waals surface area contributed by atoms with E-state index >= 15 is 0 Å². The molecule has 1 aliphatic heterocycles. The molecule has 4 rings (SSSR count). The zero-order valence-electron chi connectivity index (χ0n) is 20.1. The first-order valence-corrected chi connectivity index (χ1v) is 12.0. The zero-order chi connectivity index (χ0) is 24.6. The molecule has 1 amide bonds. The molecule has 3 aromatic rings. The van der Waals surface area contributed by atoms with E-state index < -0.39 is 6.09 Å². The second kappa shape index (κ2) is 9.66. The van der Waals surface area contributed by atoms with Gasteiger partial charge in [0.25, 0.3) is 5.89 Å². The van der Waals surface area contributed by atoms with Crippen LogP contribution in [0.1, 0.15) is 56.8 Å². The maximum absolute atomic E-state index is 11.8. The number of amides is 1. The second-order valence-electron chi connectivity index (χ2n) is 9.41. The van der Waals surface area contributed by atoms with E-state index in [4.69, 9.17) is 20.9 Å². The fraction of sp³-hybridized carbons (Fsp3) is 0.423. The van der Waals surface area contributed by atoms with Gasteiger partial charge in [-0.15, -0.1) is 0 Å². The van der Waals surface area contributed by atoms with Crippen molar-refractivity contribution >= 4 is 17.7 Å². The molecule has 1 N–H and O–H groups in total. The number of rotatable bonds is 6. The molecule has 0 saturated heterocycles. The predicted molar refractivity (Wildman–Crippen MR) is 131 cm³/mol. The number of fused-ring (bicyclic) bond motifs is 1. The van der Waals surface area contributed by atoms with Crippen molar-refractivity contribution < 1.29 is 19.2 Å². The Morgan fingerprint density at radius 1 is 1.26 bits per heavy atom. The van der Waals surface area contributed by atoms with Crippen LogP contribution in [0.2, 0.25) is 5.02 Å². The number of hydrogen-bond acceptors (Lipinski definition) is 5. The lowest BCUT2D eigenvalue weighted by Crippen LogP contribution is -2.40. The summed E-state index contributed by atoms with van der Waals surface area (Å²) in [5.74, 6) is 1.86. The van der Waals surface area contributed by atoms with Crippen LogP contribution in [0.4, 0.5) is 4.79 Å². The maximum Gasteiger partial charge on any atom is 0.407 e. The minimum Gasteiger partial charge on any atom is -0.489 e. The molecular weight excluding hydrogens is 454 g/mol. The molecule has 8 heteroatoms. The van der Waals surface area contributed by atoms with Crippen LogP contribution in [0.25, 0.3) is 22.8 Å². The van der Waals surface area contributed by atoms with E-state index in [1.807, 2.05) is 39.0 Å². The van der Waals surface area contributed by atoms with Gasteiger partial charge in [0.15, 0.2) is 0 Å². The van der Waals surface area contributed by atoms with Crippen molar-refractivity contribution in [1.82, 2.24) is 15.0 Å².